The zero-order valence-electron chi connectivity index (χ0n) is 31.7. The van der Waals surface area contributed by atoms with Crippen LogP contribution in [0.1, 0.15) is 219 Å². The molecule has 0 atom stereocenters. The summed E-state index contributed by atoms with van der Waals surface area (Å²) in [6.45, 7) is 5.11. The molecule has 0 N–H and O–H groups in total. The first kappa shape index (κ1) is 44.9. The van der Waals surface area contributed by atoms with Gasteiger partial charge in [-0.1, -0.05) is 194 Å². The average Bonchev–Trinajstić information content (AvgIpc) is 3.04. The lowest BCUT2D eigenvalue weighted by molar-refractivity contribution is -0.149. The highest BCUT2D eigenvalue weighted by atomic mass is 16.5. The molecule has 0 aliphatic heterocycles. The van der Waals surface area contributed by atoms with Gasteiger partial charge < -0.3 is 14.4 Å². The number of ether oxygens (including phenoxy) is 2. The summed E-state index contributed by atoms with van der Waals surface area (Å²) in [6, 6.07) is -0.102. The fourth-order valence-electron chi connectivity index (χ4n) is 6.15. The molecule has 0 amide bonds. The van der Waals surface area contributed by atoms with E-state index in [1.54, 1.807) is 0 Å². The summed E-state index contributed by atoms with van der Waals surface area (Å²) in [6.07, 6.45) is 40.5. The fraction of sp³-hybridized carbons (Fsp3) is 0.951. The van der Waals surface area contributed by atoms with Gasteiger partial charge in [0.15, 0.2) is 0 Å². The van der Waals surface area contributed by atoms with Crippen LogP contribution in [0.5, 0.6) is 0 Å². The number of esters is 2. The molecule has 0 saturated heterocycles. The number of rotatable bonds is 37. The van der Waals surface area contributed by atoms with Gasteiger partial charge in [-0.05, 0) is 26.9 Å². The van der Waals surface area contributed by atoms with Crippen molar-refractivity contribution in [2.24, 2.45) is 0 Å². The second-order valence-corrected chi connectivity index (χ2v) is 14.4. The van der Waals surface area contributed by atoms with Gasteiger partial charge in [-0.3, -0.25) is 9.59 Å². The van der Waals surface area contributed by atoms with E-state index in [1.807, 2.05) is 19.0 Å². The Morgan fingerprint density at radius 3 is 0.826 bits per heavy atom. The Kier molecular flexibility index (Phi) is 35.9. The molecule has 0 rings (SSSR count). The van der Waals surface area contributed by atoms with E-state index in [1.165, 1.54) is 167 Å². The van der Waals surface area contributed by atoms with Gasteiger partial charge in [-0.15, -0.1) is 0 Å². The summed E-state index contributed by atoms with van der Waals surface area (Å²) in [5.41, 5.74) is 0. The van der Waals surface area contributed by atoms with E-state index in [4.69, 9.17) is 9.47 Å². The lowest BCUT2D eigenvalue weighted by Crippen LogP contribution is -2.38. The molecule has 0 aromatic carbocycles. The fourth-order valence-corrected chi connectivity index (χ4v) is 6.15. The molecule has 0 spiro atoms. The molecule has 0 heterocycles. The van der Waals surface area contributed by atoms with E-state index in [-0.39, 0.29) is 31.2 Å². The summed E-state index contributed by atoms with van der Waals surface area (Å²) in [5, 5.41) is 0. The highest BCUT2D eigenvalue weighted by molar-refractivity contribution is 5.69. The molecule has 0 unspecified atom stereocenters. The Hall–Kier alpha value is -1.10. The minimum atomic E-state index is -0.134. The van der Waals surface area contributed by atoms with Crippen molar-refractivity contribution in [2.75, 3.05) is 27.3 Å². The molecule has 0 radical (unpaired) electrons. The quantitative estimate of drug-likeness (QED) is 0.0494. The number of unbranched alkanes of at least 4 members (excludes halogenated alkanes) is 28. The van der Waals surface area contributed by atoms with E-state index in [0.717, 1.165) is 25.7 Å². The van der Waals surface area contributed by atoms with Crippen molar-refractivity contribution >= 4 is 11.9 Å². The summed E-state index contributed by atoms with van der Waals surface area (Å²) in [5.74, 6) is -0.267. The van der Waals surface area contributed by atoms with Crippen molar-refractivity contribution in [3.63, 3.8) is 0 Å². The third-order valence-corrected chi connectivity index (χ3v) is 9.57. The molecule has 0 aromatic heterocycles. The number of hydrogen-bond acceptors (Lipinski definition) is 5. The normalized spacial score (nSPS) is 11.5. The van der Waals surface area contributed by atoms with E-state index >= 15 is 0 Å². The Labute approximate surface area is 288 Å². The molecule has 0 aliphatic rings. The van der Waals surface area contributed by atoms with E-state index < -0.39 is 0 Å². The van der Waals surface area contributed by atoms with Crippen molar-refractivity contribution in [2.45, 2.75) is 225 Å². The molecule has 0 aromatic rings. The van der Waals surface area contributed by atoms with Crippen molar-refractivity contribution in [1.82, 2.24) is 4.90 Å². The Bertz CT molecular complexity index is 588. The van der Waals surface area contributed by atoms with Gasteiger partial charge in [0.25, 0.3) is 0 Å². The van der Waals surface area contributed by atoms with Gasteiger partial charge in [0.2, 0.25) is 0 Å². The van der Waals surface area contributed by atoms with Gasteiger partial charge in [0.05, 0.1) is 6.04 Å². The lowest BCUT2D eigenvalue weighted by Gasteiger charge is -2.23. The number of hydrogen-bond donors (Lipinski definition) is 0. The van der Waals surface area contributed by atoms with Crippen molar-refractivity contribution in [3.8, 4) is 0 Å². The van der Waals surface area contributed by atoms with Crippen molar-refractivity contribution in [3.05, 3.63) is 0 Å². The molecule has 5 nitrogen and oxygen atoms in total. The van der Waals surface area contributed by atoms with Crippen LogP contribution in [-0.2, 0) is 19.1 Å². The Morgan fingerprint density at radius 1 is 0.391 bits per heavy atom. The van der Waals surface area contributed by atoms with Crippen LogP contribution in [0, 0.1) is 0 Å². The molecular weight excluding hydrogens is 570 g/mol. The molecule has 0 bridgehead atoms. The van der Waals surface area contributed by atoms with Gasteiger partial charge >= 0.3 is 11.9 Å². The van der Waals surface area contributed by atoms with E-state index in [0.29, 0.717) is 12.8 Å². The van der Waals surface area contributed by atoms with Gasteiger partial charge in [-0.2, -0.15) is 0 Å². The predicted molar refractivity (Wildman–Crippen MR) is 198 cm³/mol. The Balaban J connectivity index is 3.59. The van der Waals surface area contributed by atoms with Gasteiger partial charge in [0, 0.05) is 12.8 Å². The van der Waals surface area contributed by atoms with Crippen molar-refractivity contribution < 1.29 is 19.1 Å². The largest absolute Gasteiger partial charge is 0.464 e. The van der Waals surface area contributed by atoms with Crippen LogP contribution in [0.25, 0.3) is 0 Å². The van der Waals surface area contributed by atoms with Crippen LogP contribution in [0.4, 0.5) is 0 Å². The van der Waals surface area contributed by atoms with Crippen LogP contribution < -0.4 is 0 Å². The Morgan fingerprint density at radius 2 is 0.609 bits per heavy atom. The predicted octanol–water partition coefficient (Wildman–Crippen LogP) is 12.5. The highest BCUT2D eigenvalue weighted by Gasteiger charge is 2.17. The average molecular weight is 652 g/mol. The van der Waals surface area contributed by atoms with Gasteiger partial charge in [0.1, 0.15) is 13.2 Å². The van der Waals surface area contributed by atoms with Crippen LogP contribution in [0.15, 0.2) is 0 Å². The van der Waals surface area contributed by atoms with Crippen LogP contribution in [0.2, 0.25) is 0 Å². The summed E-state index contributed by atoms with van der Waals surface area (Å²) in [7, 11) is 3.88. The topological polar surface area (TPSA) is 55.8 Å². The summed E-state index contributed by atoms with van der Waals surface area (Å²) in [4.78, 5) is 26.5. The third-order valence-electron chi connectivity index (χ3n) is 9.57. The molecule has 5 heteroatoms. The van der Waals surface area contributed by atoms with Crippen LogP contribution >= 0.6 is 0 Å². The zero-order valence-corrected chi connectivity index (χ0v) is 31.7. The van der Waals surface area contributed by atoms with Crippen LogP contribution in [0.3, 0.4) is 0 Å². The molecule has 274 valence electrons. The smallest absolute Gasteiger partial charge is 0.305 e. The minimum Gasteiger partial charge on any atom is -0.464 e. The maximum Gasteiger partial charge on any atom is 0.305 e. The van der Waals surface area contributed by atoms with E-state index in [2.05, 4.69) is 13.8 Å². The maximum absolute atomic E-state index is 12.3. The van der Waals surface area contributed by atoms with Crippen LogP contribution in [-0.4, -0.2) is 50.2 Å². The summed E-state index contributed by atoms with van der Waals surface area (Å²) < 4.78 is 11.1. The van der Waals surface area contributed by atoms with Gasteiger partial charge in [-0.25, -0.2) is 0 Å². The number of carbonyl (C=O) groups excluding carboxylic acids is 2. The highest BCUT2D eigenvalue weighted by Crippen LogP contribution is 2.15. The second-order valence-electron chi connectivity index (χ2n) is 14.4. The molecule has 0 fully saturated rings. The zero-order chi connectivity index (χ0) is 33.8. The lowest BCUT2D eigenvalue weighted by atomic mass is 10.0. The molecule has 0 aliphatic carbocycles. The molecule has 46 heavy (non-hydrogen) atoms. The van der Waals surface area contributed by atoms with Crippen molar-refractivity contribution in [1.29, 1.82) is 0 Å². The number of carbonyl (C=O) groups is 2. The third kappa shape index (κ3) is 34.2. The number of likely N-dealkylation sites (N-methyl/N-ethyl adjacent to an activating group) is 1. The summed E-state index contributed by atoms with van der Waals surface area (Å²) >= 11 is 0. The second kappa shape index (κ2) is 36.7. The standard InChI is InChI=1S/C41H81NO4/c1-5-7-9-11-13-15-17-19-21-23-25-27-29-31-33-35-40(43)45-37-39(42(3)4)38-46-41(44)36-34-32-30-28-26-24-22-20-18-16-14-12-10-8-6-2/h39H,5-38H2,1-4H3. The first-order valence-corrected chi connectivity index (χ1v) is 20.5. The maximum atomic E-state index is 12.3. The molecular formula is C41H81NO4. The van der Waals surface area contributed by atoms with E-state index in [9.17, 15) is 9.59 Å². The molecule has 0 saturated carbocycles. The monoisotopic (exact) mass is 652 g/mol. The SMILES string of the molecule is CCCCCCCCCCCCCCCCCC(=O)OCC(COC(=O)CCCCCCCCCCCCCCCCC)N(C)C. The first-order chi connectivity index (χ1) is 22.5. The number of nitrogens with zero attached hydrogens (tertiary/aromatic N) is 1. The minimum absolute atomic E-state index is 0.102. The first-order valence-electron chi connectivity index (χ1n) is 20.5.